The molecular formula is C14H24IN5O2S. The molecule has 1 fully saturated rings. The maximum Gasteiger partial charge on any atom is 0.214 e. The number of pyridine rings is 1. The van der Waals surface area contributed by atoms with Crippen molar-refractivity contribution in [3.63, 3.8) is 0 Å². The third kappa shape index (κ3) is 6.60. The SMILES string of the molecule is CCNC(=NCc1ccccn1)NCCN1CCCS1(=O)=O.I. The highest BCUT2D eigenvalue weighted by Gasteiger charge is 2.27. The van der Waals surface area contributed by atoms with E-state index in [0.29, 0.717) is 32.1 Å². The highest BCUT2D eigenvalue weighted by atomic mass is 127. The van der Waals surface area contributed by atoms with Gasteiger partial charge in [-0.3, -0.25) is 4.98 Å². The first-order chi connectivity index (χ1) is 10.6. The lowest BCUT2D eigenvalue weighted by atomic mass is 10.3. The Hall–Kier alpha value is -0.940. The first kappa shape index (κ1) is 20.1. The molecule has 0 bridgehead atoms. The Kier molecular flexibility index (Phi) is 8.77. The number of hydrogen-bond acceptors (Lipinski definition) is 4. The van der Waals surface area contributed by atoms with Crippen molar-refractivity contribution in [1.82, 2.24) is 19.9 Å². The first-order valence-electron chi connectivity index (χ1n) is 7.52. The van der Waals surface area contributed by atoms with Gasteiger partial charge in [0.15, 0.2) is 5.96 Å². The second kappa shape index (κ2) is 10.0. The second-order valence-electron chi connectivity index (χ2n) is 5.01. The fraction of sp³-hybridized carbons (Fsp3) is 0.571. The smallest absolute Gasteiger partial charge is 0.214 e. The molecule has 9 heteroatoms. The van der Waals surface area contributed by atoms with E-state index >= 15 is 0 Å². The summed E-state index contributed by atoms with van der Waals surface area (Å²) in [5.41, 5.74) is 0.891. The number of halogens is 1. The van der Waals surface area contributed by atoms with Gasteiger partial charge in [0.2, 0.25) is 10.0 Å². The second-order valence-corrected chi connectivity index (χ2v) is 7.10. The fourth-order valence-electron chi connectivity index (χ4n) is 2.23. The maximum atomic E-state index is 11.7. The first-order valence-corrected chi connectivity index (χ1v) is 9.12. The van der Waals surface area contributed by atoms with Gasteiger partial charge in [-0.25, -0.2) is 17.7 Å². The molecule has 2 heterocycles. The van der Waals surface area contributed by atoms with Crippen LogP contribution in [0.25, 0.3) is 0 Å². The predicted molar refractivity (Wildman–Crippen MR) is 102 cm³/mol. The van der Waals surface area contributed by atoms with Crippen molar-refractivity contribution in [3.8, 4) is 0 Å². The Morgan fingerprint density at radius 1 is 1.39 bits per heavy atom. The van der Waals surface area contributed by atoms with E-state index in [1.807, 2.05) is 25.1 Å². The molecule has 1 aromatic rings. The van der Waals surface area contributed by atoms with Gasteiger partial charge in [-0.2, -0.15) is 0 Å². The number of rotatable bonds is 6. The molecule has 7 nitrogen and oxygen atoms in total. The summed E-state index contributed by atoms with van der Waals surface area (Å²) < 4.78 is 25.0. The van der Waals surface area contributed by atoms with Crippen molar-refractivity contribution in [2.45, 2.75) is 19.9 Å². The molecule has 1 aromatic heterocycles. The van der Waals surface area contributed by atoms with Crippen LogP contribution in [0.1, 0.15) is 19.0 Å². The Balaban J connectivity index is 0.00000264. The van der Waals surface area contributed by atoms with Gasteiger partial charge in [0.25, 0.3) is 0 Å². The number of aliphatic imine (C=N–C) groups is 1. The number of aromatic nitrogens is 1. The quantitative estimate of drug-likeness (QED) is 0.378. The van der Waals surface area contributed by atoms with Crippen LogP contribution in [0.5, 0.6) is 0 Å². The number of sulfonamides is 1. The van der Waals surface area contributed by atoms with Crippen LogP contribution in [-0.2, 0) is 16.6 Å². The minimum atomic E-state index is -3.03. The minimum Gasteiger partial charge on any atom is -0.357 e. The summed E-state index contributed by atoms with van der Waals surface area (Å²) in [6.45, 7) is 4.84. The van der Waals surface area contributed by atoms with Crippen LogP contribution in [0.3, 0.4) is 0 Å². The number of nitrogens with zero attached hydrogens (tertiary/aromatic N) is 3. The molecule has 0 aliphatic carbocycles. The zero-order valence-corrected chi connectivity index (χ0v) is 16.4. The average Bonchev–Trinajstić information content (AvgIpc) is 2.85. The summed E-state index contributed by atoms with van der Waals surface area (Å²) in [6.07, 6.45) is 2.46. The third-order valence-corrected chi connectivity index (χ3v) is 5.28. The highest BCUT2D eigenvalue weighted by molar-refractivity contribution is 14.0. The highest BCUT2D eigenvalue weighted by Crippen LogP contribution is 2.11. The van der Waals surface area contributed by atoms with Gasteiger partial charge in [0, 0.05) is 32.4 Å². The van der Waals surface area contributed by atoms with Crippen molar-refractivity contribution >= 4 is 40.0 Å². The molecule has 1 saturated heterocycles. The van der Waals surface area contributed by atoms with E-state index in [9.17, 15) is 8.42 Å². The van der Waals surface area contributed by atoms with E-state index in [4.69, 9.17) is 0 Å². The van der Waals surface area contributed by atoms with Crippen LogP contribution in [-0.4, -0.2) is 55.6 Å². The molecule has 2 rings (SSSR count). The van der Waals surface area contributed by atoms with E-state index < -0.39 is 10.0 Å². The largest absolute Gasteiger partial charge is 0.357 e. The summed E-state index contributed by atoms with van der Waals surface area (Å²) in [7, 11) is -3.03. The van der Waals surface area contributed by atoms with Gasteiger partial charge in [0.1, 0.15) is 0 Å². The molecule has 0 unspecified atom stereocenters. The van der Waals surface area contributed by atoms with Crippen molar-refractivity contribution in [2.24, 2.45) is 4.99 Å². The molecule has 0 radical (unpaired) electrons. The van der Waals surface area contributed by atoms with E-state index in [0.717, 1.165) is 18.7 Å². The molecule has 0 atom stereocenters. The van der Waals surface area contributed by atoms with Gasteiger partial charge in [-0.05, 0) is 25.5 Å². The molecule has 23 heavy (non-hydrogen) atoms. The van der Waals surface area contributed by atoms with Gasteiger partial charge >= 0.3 is 0 Å². The minimum absolute atomic E-state index is 0. The standard InChI is InChI=1S/C14H23N5O2S.HI/c1-2-15-14(18-12-13-6-3-4-7-16-13)17-8-10-19-9-5-11-22(19,20)21;/h3-4,6-7H,2,5,8-12H2,1H3,(H2,15,17,18);1H. The Bertz CT molecular complexity index is 594. The lowest BCUT2D eigenvalue weighted by Crippen LogP contribution is -2.42. The molecule has 0 amide bonds. The normalized spacial score (nSPS) is 17.5. The molecule has 130 valence electrons. The third-order valence-electron chi connectivity index (χ3n) is 3.33. The lowest BCUT2D eigenvalue weighted by molar-refractivity contribution is 0.445. The summed E-state index contributed by atoms with van der Waals surface area (Å²) >= 11 is 0. The molecule has 1 aliphatic heterocycles. The van der Waals surface area contributed by atoms with E-state index in [2.05, 4.69) is 20.6 Å². The van der Waals surface area contributed by atoms with Crippen molar-refractivity contribution in [1.29, 1.82) is 0 Å². The van der Waals surface area contributed by atoms with Crippen molar-refractivity contribution < 1.29 is 8.42 Å². The number of guanidine groups is 1. The van der Waals surface area contributed by atoms with Crippen molar-refractivity contribution in [3.05, 3.63) is 30.1 Å². The van der Waals surface area contributed by atoms with Crippen LogP contribution in [0.2, 0.25) is 0 Å². The average molecular weight is 453 g/mol. The van der Waals surface area contributed by atoms with E-state index in [-0.39, 0.29) is 29.7 Å². The van der Waals surface area contributed by atoms with Crippen LogP contribution >= 0.6 is 24.0 Å². The predicted octanol–water partition coefficient (Wildman–Crippen LogP) is 0.790. The van der Waals surface area contributed by atoms with Gasteiger partial charge in [-0.1, -0.05) is 6.07 Å². The van der Waals surface area contributed by atoms with E-state index in [1.54, 1.807) is 6.20 Å². The summed E-state index contributed by atoms with van der Waals surface area (Å²) in [5, 5.41) is 6.30. The fourth-order valence-corrected chi connectivity index (χ4v) is 3.76. The van der Waals surface area contributed by atoms with Crippen LogP contribution < -0.4 is 10.6 Å². The van der Waals surface area contributed by atoms with Crippen LogP contribution in [0.4, 0.5) is 0 Å². The molecular weight excluding hydrogens is 429 g/mol. The molecule has 0 saturated carbocycles. The lowest BCUT2D eigenvalue weighted by Gasteiger charge is -2.16. The molecule has 2 N–H and O–H groups in total. The maximum absolute atomic E-state index is 11.7. The van der Waals surface area contributed by atoms with Crippen LogP contribution in [0, 0.1) is 0 Å². The Morgan fingerprint density at radius 3 is 2.83 bits per heavy atom. The number of nitrogens with one attached hydrogen (secondary N) is 2. The molecule has 1 aliphatic rings. The monoisotopic (exact) mass is 453 g/mol. The summed E-state index contributed by atoms with van der Waals surface area (Å²) in [4.78, 5) is 8.67. The topological polar surface area (TPSA) is 86.7 Å². The molecule has 0 spiro atoms. The van der Waals surface area contributed by atoms with Gasteiger partial charge in [-0.15, -0.1) is 24.0 Å². The zero-order chi connectivity index (χ0) is 15.8. The molecule has 0 aromatic carbocycles. The van der Waals surface area contributed by atoms with Crippen LogP contribution in [0.15, 0.2) is 29.4 Å². The zero-order valence-electron chi connectivity index (χ0n) is 13.2. The Labute approximate surface area is 155 Å². The van der Waals surface area contributed by atoms with E-state index in [1.165, 1.54) is 4.31 Å². The van der Waals surface area contributed by atoms with Gasteiger partial charge < -0.3 is 10.6 Å². The Morgan fingerprint density at radius 2 is 2.22 bits per heavy atom. The van der Waals surface area contributed by atoms with Crippen molar-refractivity contribution in [2.75, 3.05) is 31.9 Å². The summed E-state index contributed by atoms with van der Waals surface area (Å²) in [5.74, 6) is 0.936. The number of hydrogen-bond donors (Lipinski definition) is 2. The van der Waals surface area contributed by atoms with Gasteiger partial charge in [0.05, 0.1) is 18.0 Å². The summed E-state index contributed by atoms with van der Waals surface area (Å²) in [6, 6.07) is 5.72.